The zero-order valence-corrected chi connectivity index (χ0v) is 17.4. The molecule has 0 saturated carbocycles. The minimum atomic E-state index is -3.06. The van der Waals surface area contributed by atoms with Gasteiger partial charge >= 0.3 is 0 Å². The molecular weight excluding hydrogens is 402 g/mol. The van der Waals surface area contributed by atoms with Gasteiger partial charge in [-0.05, 0) is 37.1 Å². The molecule has 0 unspecified atom stereocenters. The third kappa shape index (κ3) is 4.71. The van der Waals surface area contributed by atoms with E-state index in [1.54, 1.807) is 35.0 Å². The van der Waals surface area contributed by atoms with Crippen molar-refractivity contribution in [3.05, 3.63) is 77.5 Å². The standard InChI is InChI=1S/C22H23N3O4S/c1-16-12-21(25(24-16)19-10-11-30(27,28)15-19)23-22(26)18-8-5-9-20(13-18)29-14-17-6-3-2-4-7-17/h2-9,12-13,19H,10-11,14-15H2,1H3,(H,23,26)/t19-/m0/s1. The van der Waals surface area contributed by atoms with Crippen LogP contribution in [0.5, 0.6) is 5.75 Å². The molecule has 156 valence electrons. The highest BCUT2D eigenvalue weighted by Gasteiger charge is 2.31. The molecule has 2 heterocycles. The molecule has 1 aromatic heterocycles. The van der Waals surface area contributed by atoms with Gasteiger partial charge in [0.15, 0.2) is 9.84 Å². The molecule has 2 aromatic carbocycles. The van der Waals surface area contributed by atoms with Crippen LogP contribution in [-0.2, 0) is 16.4 Å². The molecule has 1 aliphatic heterocycles. The average Bonchev–Trinajstić information content (AvgIpc) is 3.28. The summed E-state index contributed by atoms with van der Waals surface area (Å²) in [6.45, 7) is 2.22. The van der Waals surface area contributed by atoms with E-state index in [1.165, 1.54) is 0 Å². The van der Waals surface area contributed by atoms with Gasteiger partial charge in [-0.15, -0.1) is 0 Å². The van der Waals surface area contributed by atoms with E-state index in [2.05, 4.69) is 10.4 Å². The highest BCUT2D eigenvalue weighted by Crippen LogP contribution is 2.27. The van der Waals surface area contributed by atoms with Crippen LogP contribution in [0.4, 0.5) is 5.82 Å². The molecule has 4 rings (SSSR count). The Kier molecular flexibility index (Phi) is 5.59. The summed E-state index contributed by atoms with van der Waals surface area (Å²) in [6, 6.07) is 18.2. The summed E-state index contributed by atoms with van der Waals surface area (Å²) in [5.41, 5.74) is 2.21. The molecule has 0 bridgehead atoms. The molecule has 1 atom stereocenters. The molecule has 1 N–H and O–H groups in total. The van der Waals surface area contributed by atoms with Gasteiger partial charge in [-0.1, -0.05) is 36.4 Å². The number of carbonyl (C=O) groups excluding carboxylic acids is 1. The average molecular weight is 426 g/mol. The second kappa shape index (κ2) is 8.31. The van der Waals surface area contributed by atoms with Crippen molar-refractivity contribution in [3.63, 3.8) is 0 Å². The van der Waals surface area contributed by atoms with Gasteiger partial charge in [0.1, 0.15) is 18.2 Å². The maximum atomic E-state index is 12.8. The lowest BCUT2D eigenvalue weighted by molar-refractivity contribution is 0.102. The highest BCUT2D eigenvalue weighted by molar-refractivity contribution is 7.91. The summed E-state index contributed by atoms with van der Waals surface area (Å²) in [5.74, 6) is 0.973. The maximum absolute atomic E-state index is 12.8. The largest absolute Gasteiger partial charge is 0.489 e. The maximum Gasteiger partial charge on any atom is 0.256 e. The Bertz CT molecular complexity index is 1160. The minimum Gasteiger partial charge on any atom is -0.489 e. The van der Waals surface area contributed by atoms with Crippen molar-refractivity contribution >= 4 is 21.6 Å². The lowest BCUT2D eigenvalue weighted by Gasteiger charge is -2.14. The van der Waals surface area contributed by atoms with Gasteiger partial charge in [0.25, 0.3) is 5.91 Å². The van der Waals surface area contributed by atoms with Gasteiger partial charge in [-0.2, -0.15) is 5.10 Å². The van der Waals surface area contributed by atoms with E-state index < -0.39 is 9.84 Å². The SMILES string of the molecule is Cc1cc(NC(=O)c2cccc(OCc3ccccc3)c2)n([C@H]2CCS(=O)(=O)C2)n1. The third-order valence-electron chi connectivity index (χ3n) is 5.00. The van der Waals surface area contributed by atoms with Crippen LogP contribution < -0.4 is 10.1 Å². The molecule has 8 heteroatoms. The number of aromatic nitrogens is 2. The number of amides is 1. The van der Waals surface area contributed by atoms with Crippen molar-refractivity contribution in [2.24, 2.45) is 0 Å². The number of benzene rings is 2. The number of nitrogens with one attached hydrogen (secondary N) is 1. The van der Waals surface area contributed by atoms with Gasteiger partial charge in [-0.3, -0.25) is 4.79 Å². The van der Waals surface area contributed by atoms with E-state index in [4.69, 9.17) is 4.74 Å². The zero-order chi connectivity index (χ0) is 21.1. The number of carbonyl (C=O) groups is 1. The highest BCUT2D eigenvalue weighted by atomic mass is 32.2. The molecule has 7 nitrogen and oxygen atoms in total. The summed E-state index contributed by atoms with van der Waals surface area (Å²) in [4.78, 5) is 12.8. The van der Waals surface area contributed by atoms with E-state index in [0.29, 0.717) is 30.2 Å². The summed E-state index contributed by atoms with van der Waals surface area (Å²) < 4.78 is 31.1. The number of rotatable bonds is 6. The van der Waals surface area contributed by atoms with E-state index in [1.807, 2.05) is 37.3 Å². The lowest BCUT2D eigenvalue weighted by atomic mass is 10.2. The van der Waals surface area contributed by atoms with Crippen molar-refractivity contribution < 1.29 is 17.9 Å². The number of anilines is 1. The summed E-state index contributed by atoms with van der Waals surface area (Å²) in [7, 11) is -3.06. The Balaban J connectivity index is 1.47. The van der Waals surface area contributed by atoms with Crippen molar-refractivity contribution in [2.75, 3.05) is 16.8 Å². The monoisotopic (exact) mass is 425 g/mol. The van der Waals surface area contributed by atoms with Crippen LogP contribution in [0.15, 0.2) is 60.7 Å². The Morgan fingerprint density at radius 1 is 1.17 bits per heavy atom. The van der Waals surface area contributed by atoms with Crippen LogP contribution in [0.2, 0.25) is 0 Å². The van der Waals surface area contributed by atoms with Gasteiger partial charge < -0.3 is 10.1 Å². The molecule has 3 aromatic rings. The molecule has 0 spiro atoms. The number of aryl methyl sites for hydroxylation is 1. The van der Waals surface area contributed by atoms with Crippen LogP contribution in [0.1, 0.15) is 34.1 Å². The van der Waals surface area contributed by atoms with Crippen molar-refractivity contribution in [2.45, 2.75) is 26.0 Å². The van der Waals surface area contributed by atoms with Crippen molar-refractivity contribution in [3.8, 4) is 5.75 Å². The minimum absolute atomic E-state index is 0.0415. The predicted octanol–water partition coefficient (Wildman–Crippen LogP) is 3.38. The van der Waals surface area contributed by atoms with Gasteiger partial charge in [0.05, 0.1) is 23.2 Å². The second-order valence-electron chi connectivity index (χ2n) is 7.43. The number of hydrogen-bond donors (Lipinski definition) is 1. The molecule has 0 radical (unpaired) electrons. The number of ether oxygens (including phenoxy) is 1. The lowest BCUT2D eigenvalue weighted by Crippen LogP contribution is -2.19. The first-order valence-corrected chi connectivity index (χ1v) is 11.6. The van der Waals surface area contributed by atoms with Crippen molar-refractivity contribution in [1.29, 1.82) is 0 Å². The summed E-state index contributed by atoms with van der Waals surface area (Å²) in [5, 5.41) is 7.26. The second-order valence-corrected chi connectivity index (χ2v) is 9.66. The van der Waals surface area contributed by atoms with E-state index in [9.17, 15) is 13.2 Å². The summed E-state index contributed by atoms with van der Waals surface area (Å²) >= 11 is 0. The Morgan fingerprint density at radius 2 is 1.97 bits per heavy atom. The summed E-state index contributed by atoms with van der Waals surface area (Å²) in [6.07, 6.45) is 0.495. The molecular formula is C22H23N3O4S. The van der Waals surface area contributed by atoms with Crippen LogP contribution in [0, 0.1) is 6.92 Å². The Labute approximate surface area is 175 Å². The fourth-order valence-electron chi connectivity index (χ4n) is 3.51. The number of hydrogen-bond acceptors (Lipinski definition) is 5. The van der Waals surface area contributed by atoms with E-state index >= 15 is 0 Å². The fraction of sp³-hybridized carbons (Fsp3) is 0.273. The quantitative estimate of drug-likeness (QED) is 0.654. The zero-order valence-electron chi connectivity index (χ0n) is 16.6. The molecule has 1 saturated heterocycles. The molecule has 1 amide bonds. The third-order valence-corrected chi connectivity index (χ3v) is 6.75. The number of nitrogens with zero attached hydrogens (tertiary/aromatic N) is 2. The molecule has 1 fully saturated rings. The smallest absolute Gasteiger partial charge is 0.256 e. The van der Waals surface area contributed by atoms with Gasteiger partial charge in [-0.25, -0.2) is 13.1 Å². The van der Waals surface area contributed by atoms with E-state index in [-0.39, 0.29) is 23.5 Å². The van der Waals surface area contributed by atoms with Gasteiger partial charge in [0, 0.05) is 11.6 Å². The van der Waals surface area contributed by atoms with Crippen LogP contribution in [0.25, 0.3) is 0 Å². The van der Waals surface area contributed by atoms with Crippen LogP contribution >= 0.6 is 0 Å². The van der Waals surface area contributed by atoms with Crippen LogP contribution in [0.3, 0.4) is 0 Å². The number of sulfone groups is 1. The predicted molar refractivity (Wildman–Crippen MR) is 114 cm³/mol. The Hall–Kier alpha value is -3.13. The first-order valence-electron chi connectivity index (χ1n) is 9.74. The van der Waals surface area contributed by atoms with Crippen molar-refractivity contribution in [1.82, 2.24) is 9.78 Å². The molecule has 1 aliphatic rings. The molecule has 30 heavy (non-hydrogen) atoms. The Morgan fingerprint density at radius 3 is 2.70 bits per heavy atom. The topological polar surface area (TPSA) is 90.3 Å². The molecule has 0 aliphatic carbocycles. The fourth-order valence-corrected chi connectivity index (χ4v) is 5.21. The first-order chi connectivity index (χ1) is 14.4. The normalized spacial score (nSPS) is 17.6. The van der Waals surface area contributed by atoms with Crippen LogP contribution in [-0.4, -0.2) is 35.6 Å². The first kappa shape index (κ1) is 20.2. The van der Waals surface area contributed by atoms with Gasteiger partial charge in [0.2, 0.25) is 0 Å². The van der Waals surface area contributed by atoms with E-state index in [0.717, 1.165) is 11.3 Å².